The third kappa shape index (κ3) is 5.81. The van der Waals surface area contributed by atoms with Crippen molar-refractivity contribution in [3.63, 3.8) is 0 Å². The van der Waals surface area contributed by atoms with E-state index in [9.17, 15) is 4.79 Å². The molecule has 1 rings (SSSR count). The lowest BCUT2D eigenvalue weighted by atomic mass is 10.2. The lowest BCUT2D eigenvalue weighted by molar-refractivity contribution is -0.116. The molecule has 1 aromatic rings. The minimum atomic E-state index is -0.158. The van der Waals surface area contributed by atoms with Crippen LogP contribution in [-0.4, -0.2) is 25.7 Å². The smallest absolute Gasteiger partial charge is 0.225 e. The van der Waals surface area contributed by atoms with Crippen LogP contribution in [0.4, 0.5) is 5.69 Å². The summed E-state index contributed by atoms with van der Waals surface area (Å²) in [5.41, 5.74) is 6.23. The Hall–Kier alpha value is -1.46. The summed E-state index contributed by atoms with van der Waals surface area (Å²) in [6.07, 6.45) is 0.287. The van der Waals surface area contributed by atoms with E-state index in [4.69, 9.17) is 15.2 Å². The lowest BCUT2D eigenvalue weighted by Gasteiger charge is -2.12. The van der Waals surface area contributed by atoms with Gasteiger partial charge >= 0.3 is 0 Å². The van der Waals surface area contributed by atoms with Crippen LogP contribution in [0.1, 0.15) is 20.3 Å². The number of methoxy groups -OCH3 is 1. The van der Waals surface area contributed by atoms with Gasteiger partial charge in [-0.1, -0.05) is 0 Å². The number of amides is 1. The van der Waals surface area contributed by atoms with Crippen molar-refractivity contribution in [3.8, 4) is 11.5 Å². The number of nitrogens with two attached hydrogens (primary N) is 1. The van der Waals surface area contributed by atoms with Crippen LogP contribution >= 0.6 is 12.4 Å². The largest absolute Gasteiger partial charge is 0.493 e. The zero-order valence-electron chi connectivity index (χ0n) is 11.4. The average Bonchev–Trinajstić information content (AvgIpc) is 2.30. The van der Waals surface area contributed by atoms with Crippen LogP contribution in [0.15, 0.2) is 18.2 Å². The summed E-state index contributed by atoms with van der Waals surface area (Å²) in [6.45, 7) is 4.25. The maximum atomic E-state index is 11.6. The van der Waals surface area contributed by atoms with E-state index in [2.05, 4.69) is 5.32 Å². The molecule has 0 fully saturated rings. The monoisotopic (exact) mass is 288 g/mol. The number of anilines is 1. The number of carbonyl (C=O) groups is 1. The summed E-state index contributed by atoms with van der Waals surface area (Å²) in [5.74, 6) is 1.14. The fourth-order valence-electron chi connectivity index (χ4n) is 1.52. The van der Waals surface area contributed by atoms with Crippen LogP contribution in [0, 0.1) is 0 Å². The van der Waals surface area contributed by atoms with Gasteiger partial charge in [-0.3, -0.25) is 4.79 Å². The molecule has 1 atom stereocenters. The van der Waals surface area contributed by atoms with Gasteiger partial charge in [0.2, 0.25) is 5.91 Å². The molecule has 0 heterocycles. The first-order valence-electron chi connectivity index (χ1n) is 5.93. The molecule has 0 aliphatic carbocycles. The van der Waals surface area contributed by atoms with Gasteiger partial charge in [0.05, 0.1) is 13.7 Å². The Balaban J connectivity index is 0.00000324. The average molecular weight is 289 g/mol. The van der Waals surface area contributed by atoms with Gasteiger partial charge in [-0.25, -0.2) is 0 Å². The highest BCUT2D eigenvalue weighted by atomic mass is 35.5. The number of rotatable bonds is 6. The highest BCUT2D eigenvalue weighted by Crippen LogP contribution is 2.30. The van der Waals surface area contributed by atoms with Gasteiger partial charge in [-0.2, -0.15) is 0 Å². The molecule has 0 aliphatic rings. The summed E-state index contributed by atoms with van der Waals surface area (Å²) >= 11 is 0. The Kier molecular flexibility index (Phi) is 7.95. The predicted molar refractivity (Wildman–Crippen MR) is 78.3 cm³/mol. The van der Waals surface area contributed by atoms with E-state index in [1.165, 1.54) is 0 Å². The van der Waals surface area contributed by atoms with Gasteiger partial charge in [0.15, 0.2) is 11.5 Å². The Morgan fingerprint density at radius 1 is 1.42 bits per heavy atom. The number of carbonyl (C=O) groups excluding carboxylic acids is 1. The van der Waals surface area contributed by atoms with Crippen molar-refractivity contribution in [2.75, 3.05) is 19.0 Å². The van der Waals surface area contributed by atoms with Crippen LogP contribution in [0.3, 0.4) is 0 Å². The molecule has 0 bridgehead atoms. The molecule has 0 radical (unpaired) electrons. The van der Waals surface area contributed by atoms with E-state index in [1.807, 2.05) is 6.92 Å². The number of hydrogen-bond acceptors (Lipinski definition) is 4. The second-order valence-corrected chi connectivity index (χ2v) is 4.03. The van der Waals surface area contributed by atoms with Crippen molar-refractivity contribution >= 4 is 24.0 Å². The van der Waals surface area contributed by atoms with Gasteiger partial charge in [0.1, 0.15) is 0 Å². The molecule has 3 N–H and O–H groups in total. The zero-order chi connectivity index (χ0) is 13.5. The molecule has 0 aromatic heterocycles. The van der Waals surface area contributed by atoms with Crippen LogP contribution in [0.25, 0.3) is 0 Å². The molecule has 5 nitrogen and oxygen atoms in total. The first-order valence-corrected chi connectivity index (χ1v) is 5.93. The molecule has 1 unspecified atom stereocenters. The summed E-state index contributed by atoms with van der Waals surface area (Å²) in [7, 11) is 1.56. The summed E-state index contributed by atoms with van der Waals surface area (Å²) in [5, 5.41) is 2.76. The Bertz CT molecular complexity index is 411. The van der Waals surface area contributed by atoms with Crippen molar-refractivity contribution in [1.82, 2.24) is 0 Å². The second-order valence-electron chi connectivity index (χ2n) is 4.03. The molecule has 1 aromatic carbocycles. The topological polar surface area (TPSA) is 73.6 Å². The van der Waals surface area contributed by atoms with Gasteiger partial charge < -0.3 is 20.5 Å². The Labute approximate surface area is 119 Å². The van der Waals surface area contributed by atoms with E-state index in [-0.39, 0.29) is 30.8 Å². The minimum absolute atomic E-state index is 0. The number of hydrogen-bond donors (Lipinski definition) is 2. The fourth-order valence-corrected chi connectivity index (χ4v) is 1.52. The molecular formula is C13H21ClN2O3. The van der Waals surface area contributed by atoms with Crippen LogP contribution in [-0.2, 0) is 4.79 Å². The molecule has 0 aliphatic heterocycles. The summed E-state index contributed by atoms with van der Waals surface area (Å²) < 4.78 is 10.6. The molecular weight excluding hydrogens is 268 g/mol. The van der Waals surface area contributed by atoms with Gasteiger partial charge in [-0.15, -0.1) is 12.4 Å². The van der Waals surface area contributed by atoms with Gasteiger partial charge in [0, 0.05) is 24.2 Å². The van der Waals surface area contributed by atoms with Crippen LogP contribution in [0.5, 0.6) is 11.5 Å². The molecule has 0 spiro atoms. The normalized spacial score (nSPS) is 11.2. The molecule has 1 amide bonds. The molecule has 0 saturated carbocycles. The van der Waals surface area contributed by atoms with Crippen molar-refractivity contribution < 1.29 is 14.3 Å². The van der Waals surface area contributed by atoms with E-state index in [0.29, 0.717) is 23.8 Å². The van der Waals surface area contributed by atoms with E-state index in [0.717, 1.165) is 0 Å². The standard InChI is InChI=1S/C13H20N2O3.ClH/c1-4-18-11-6-5-10(8-12(11)17-3)15-13(16)7-9(2)14;/h5-6,8-9H,4,7,14H2,1-3H3,(H,15,16);1H. The van der Waals surface area contributed by atoms with E-state index in [1.54, 1.807) is 32.2 Å². The van der Waals surface area contributed by atoms with Crippen LogP contribution < -0.4 is 20.5 Å². The SMILES string of the molecule is CCOc1ccc(NC(=O)CC(C)N)cc1OC.Cl. The number of ether oxygens (including phenoxy) is 2. The van der Waals surface area contributed by atoms with Crippen molar-refractivity contribution in [2.24, 2.45) is 5.73 Å². The highest BCUT2D eigenvalue weighted by Gasteiger charge is 2.09. The zero-order valence-corrected chi connectivity index (χ0v) is 12.3. The third-order valence-electron chi connectivity index (χ3n) is 2.25. The quantitative estimate of drug-likeness (QED) is 0.841. The highest BCUT2D eigenvalue weighted by molar-refractivity contribution is 5.91. The third-order valence-corrected chi connectivity index (χ3v) is 2.25. The van der Waals surface area contributed by atoms with Crippen molar-refractivity contribution in [1.29, 1.82) is 0 Å². The molecule has 6 heteroatoms. The first-order chi connectivity index (χ1) is 8.56. The minimum Gasteiger partial charge on any atom is -0.493 e. The lowest BCUT2D eigenvalue weighted by Crippen LogP contribution is -2.23. The number of benzene rings is 1. The summed E-state index contributed by atoms with van der Waals surface area (Å²) in [6, 6.07) is 5.11. The van der Waals surface area contributed by atoms with Crippen molar-refractivity contribution in [3.05, 3.63) is 18.2 Å². The number of halogens is 1. The van der Waals surface area contributed by atoms with Crippen LogP contribution in [0.2, 0.25) is 0 Å². The van der Waals surface area contributed by atoms with Crippen molar-refractivity contribution in [2.45, 2.75) is 26.3 Å². The maximum absolute atomic E-state index is 11.6. The predicted octanol–water partition coefficient (Wildman–Crippen LogP) is 2.19. The molecule has 0 saturated heterocycles. The fraction of sp³-hybridized carbons (Fsp3) is 0.462. The first kappa shape index (κ1) is 17.5. The number of nitrogens with one attached hydrogen (secondary N) is 1. The molecule has 19 heavy (non-hydrogen) atoms. The van der Waals surface area contributed by atoms with Gasteiger partial charge in [0.25, 0.3) is 0 Å². The van der Waals surface area contributed by atoms with E-state index >= 15 is 0 Å². The van der Waals surface area contributed by atoms with E-state index < -0.39 is 0 Å². The maximum Gasteiger partial charge on any atom is 0.225 e. The Morgan fingerprint density at radius 2 is 2.11 bits per heavy atom. The molecule has 108 valence electrons. The van der Waals surface area contributed by atoms with Gasteiger partial charge in [-0.05, 0) is 26.0 Å². The Morgan fingerprint density at radius 3 is 2.63 bits per heavy atom. The summed E-state index contributed by atoms with van der Waals surface area (Å²) in [4.78, 5) is 11.6. The second kappa shape index (κ2) is 8.61.